The zero-order chi connectivity index (χ0) is 14.7. The molecular weight excluding hydrogens is 338 g/mol. The summed E-state index contributed by atoms with van der Waals surface area (Å²) in [6.07, 6.45) is 1.000. The average Bonchev–Trinajstić information content (AvgIpc) is 2.88. The van der Waals surface area contributed by atoms with Crippen molar-refractivity contribution in [2.24, 2.45) is 0 Å². The predicted octanol–water partition coefficient (Wildman–Crippen LogP) is 4.32. The Kier molecular flexibility index (Phi) is 4.83. The molecule has 0 atom stereocenters. The molecule has 2 rings (SSSR count). The Bertz CT molecular complexity index is 637. The van der Waals surface area contributed by atoms with E-state index < -0.39 is 0 Å². The van der Waals surface area contributed by atoms with Crippen LogP contribution in [0.2, 0.25) is 0 Å². The molecule has 1 aromatic heterocycles. The van der Waals surface area contributed by atoms with E-state index in [1.54, 1.807) is 23.5 Å². The van der Waals surface area contributed by atoms with Gasteiger partial charge in [0.1, 0.15) is 6.61 Å². The van der Waals surface area contributed by atoms with Gasteiger partial charge in [0.05, 0.1) is 5.56 Å². The van der Waals surface area contributed by atoms with Gasteiger partial charge in [-0.1, -0.05) is 22.9 Å². The number of nitrogen functional groups attached to an aromatic ring is 1. The van der Waals surface area contributed by atoms with E-state index in [2.05, 4.69) is 28.9 Å². The monoisotopic (exact) mass is 353 g/mol. The van der Waals surface area contributed by atoms with Gasteiger partial charge in [0, 0.05) is 19.9 Å². The van der Waals surface area contributed by atoms with Gasteiger partial charge < -0.3 is 10.5 Å². The maximum atomic E-state index is 12.1. The smallest absolute Gasteiger partial charge is 0.338 e. The van der Waals surface area contributed by atoms with Crippen LogP contribution in [0.15, 0.2) is 28.7 Å². The van der Waals surface area contributed by atoms with E-state index in [1.165, 1.54) is 4.88 Å². The third-order valence-corrected chi connectivity index (χ3v) is 4.70. The Labute approximate surface area is 130 Å². The Hall–Kier alpha value is -1.33. The highest BCUT2D eigenvalue weighted by atomic mass is 79.9. The van der Waals surface area contributed by atoms with E-state index in [9.17, 15) is 4.79 Å². The van der Waals surface area contributed by atoms with E-state index in [-0.39, 0.29) is 5.97 Å². The Morgan fingerprint density at radius 1 is 1.35 bits per heavy atom. The fourth-order valence-electron chi connectivity index (χ4n) is 1.82. The molecule has 0 aliphatic heterocycles. The largest absolute Gasteiger partial charge is 0.456 e. The average molecular weight is 354 g/mol. The van der Waals surface area contributed by atoms with Gasteiger partial charge in [-0.05, 0) is 43.2 Å². The lowest BCUT2D eigenvalue weighted by atomic mass is 10.1. The maximum absolute atomic E-state index is 12.1. The van der Waals surface area contributed by atoms with E-state index in [0.29, 0.717) is 17.9 Å². The number of carbonyl (C=O) groups is 1. The molecule has 1 heterocycles. The Morgan fingerprint density at radius 2 is 2.05 bits per heavy atom. The van der Waals surface area contributed by atoms with Crippen molar-refractivity contribution >= 4 is 38.9 Å². The van der Waals surface area contributed by atoms with Crippen molar-refractivity contribution in [3.63, 3.8) is 0 Å². The standard InChI is InChI=1S/C15H16BrNO2S/c1-3-11-4-5-12(20-11)8-19-15(18)13-6-10(16)7-14(17)9(13)2/h4-7H,3,8,17H2,1-2H3. The topological polar surface area (TPSA) is 52.3 Å². The van der Waals surface area contributed by atoms with Gasteiger partial charge in [0.25, 0.3) is 0 Å². The number of esters is 1. The number of thiophene rings is 1. The van der Waals surface area contributed by atoms with Crippen molar-refractivity contribution < 1.29 is 9.53 Å². The summed E-state index contributed by atoms with van der Waals surface area (Å²) in [4.78, 5) is 14.5. The highest BCUT2D eigenvalue weighted by Crippen LogP contribution is 2.24. The second-order valence-corrected chi connectivity index (χ2v) is 6.63. The van der Waals surface area contributed by atoms with Crippen molar-refractivity contribution in [1.82, 2.24) is 0 Å². The lowest BCUT2D eigenvalue weighted by Crippen LogP contribution is -2.08. The summed E-state index contributed by atoms with van der Waals surface area (Å²) in [5, 5.41) is 0. The zero-order valence-corrected chi connectivity index (χ0v) is 13.8. The maximum Gasteiger partial charge on any atom is 0.338 e. The molecule has 3 nitrogen and oxygen atoms in total. The lowest BCUT2D eigenvalue weighted by Gasteiger charge is -2.09. The minimum absolute atomic E-state index is 0.301. The van der Waals surface area contributed by atoms with Crippen LogP contribution in [0.5, 0.6) is 0 Å². The van der Waals surface area contributed by atoms with Crippen molar-refractivity contribution in [3.05, 3.63) is 49.6 Å². The summed E-state index contributed by atoms with van der Waals surface area (Å²) in [5.41, 5.74) is 7.68. The number of anilines is 1. The summed E-state index contributed by atoms with van der Waals surface area (Å²) in [5.74, 6) is -0.345. The molecule has 0 saturated carbocycles. The van der Waals surface area contributed by atoms with Crippen LogP contribution in [-0.2, 0) is 17.8 Å². The van der Waals surface area contributed by atoms with Gasteiger partial charge in [-0.3, -0.25) is 0 Å². The van der Waals surface area contributed by atoms with Gasteiger partial charge in [-0.15, -0.1) is 11.3 Å². The molecule has 0 saturated heterocycles. The number of benzene rings is 1. The van der Waals surface area contributed by atoms with Crippen molar-refractivity contribution in [2.75, 3.05) is 5.73 Å². The van der Waals surface area contributed by atoms with Gasteiger partial charge in [-0.2, -0.15) is 0 Å². The quantitative estimate of drug-likeness (QED) is 0.657. The lowest BCUT2D eigenvalue weighted by molar-refractivity contribution is 0.0476. The second kappa shape index (κ2) is 6.41. The normalized spacial score (nSPS) is 10.6. The molecule has 0 bridgehead atoms. The highest BCUT2D eigenvalue weighted by molar-refractivity contribution is 9.10. The molecule has 0 aliphatic rings. The Balaban J connectivity index is 2.09. The van der Waals surface area contributed by atoms with Crippen LogP contribution in [0.4, 0.5) is 5.69 Å². The van der Waals surface area contributed by atoms with Crippen LogP contribution in [0.1, 0.15) is 32.6 Å². The molecule has 2 N–H and O–H groups in total. The molecule has 5 heteroatoms. The number of nitrogens with two attached hydrogens (primary N) is 1. The Morgan fingerprint density at radius 3 is 2.70 bits per heavy atom. The first-order valence-electron chi connectivity index (χ1n) is 6.31. The first-order chi connectivity index (χ1) is 9.51. The van der Waals surface area contributed by atoms with E-state index in [0.717, 1.165) is 21.3 Å². The van der Waals surface area contributed by atoms with Gasteiger partial charge in [0.15, 0.2) is 0 Å². The summed E-state index contributed by atoms with van der Waals surface area (Å²) < 4.78 is 6.13. The third kappa shape index (κ3) is 3.41. The van der Waals surface area contributed by atoms with Crippen LogP contribution >= 0.6 is 27.3 Å². The molecule has 0 spiro atoms. The second-order valence-electron chi connectivity index (χ2n) is 4.47. The fourth-order valence-corrected chi connectivity index (χ4v) is 3.16. The first kappa shape index (κ1) is 15.1. The third-order valence-electron chi connectivity index (χ3n) is 3.04. The number of aryl methyl sites for hydroxylation is 1. The van der Waals surface area contributed by atoms with E-state index in [4.69, 9.17) is 10.5 Å². The van der Waals surface area contributed by atoms with Gasteiger partial charge in [0.2, 0.25) is 0 Å². The van der Waals surface area contributed by atoms with Crippen LogP contribution in [0.3, 0.4) is 0 Å². The predicted molar refractivity (Wildman–Crippen MR) is 86.1 cm³/mol. The van der Waals surface area contributed by atoms with Crippen molar-refractivity contribution in [2.45, 2.75) is 26.9 Å². The number of halogens is 1. The molecule has 106 valence electrons. The highest BCUT2D eigenvalue weighted by Gasteiger charge is 2.14. The first-order valence-corrected chi connectivity index (χ1v) is 7.92. The summed E-state index contributed by atoms with van der Waals surface area (Å²) >= 11 is 5.01. The molecule has 2 aromatic rings. The van der Waals surface area contributed by atoms with Gasteiger partial charge in [-0.25, -0.2) is 4.79 Å². The fraction of sp³-hybridized carbons (Fsp3) is 0.267. The van der Waals surface area contributed by atoms with Crippen molar-refractivity contribution in [1.29, 1.82) is 0 Å². The number of hydrogen-bond acceptors (Lipinski definition) is 4. The molecule has 0 unspecified atom stereocenters. The SMILES string of the molecule is CCc1ccc(COC(=O)c2cc(Br)cc(N)c2C)s1. The van der Waals surface area contributed by atoms with Crippen LogP contribution in [-0.4, -0.2) is 5.97 Å². The molecule has 20 heavy (non-hydrogen) atoms. The van der Waals surface area contributed by atoms with Gasteiger partial charge >= 0.3 is 5.97 Å². The van der Waals surface area contributed by atoms with Crippen LogP contribution in [0.25, 0.3) is 0 Å². The number of carbonyl (C=O) groups excluding carboxylic acids is 1. The molecule has 1 aromatic carbocycles. The number of hydrogen-bond donors (Lipinski definition) is 1. The number of ether oxygens (including phenoxy) is 1. The van der Waals surface area contributed by atoms with E-state index in [1.807, 2.05) is 13.0 Å². The summed E-state index contributed by atoms with van der Waals surface area (Å²) in [6.45, 7) is 4.23. The minimum atomic E-state index is -0.345. The van der Waals surface area contributed by atoms with Crippen molar-refractivity contribution in [3.8, 4) is 0 Å². The molecule has 0 fully saturated rings. The number of rotatable bonds is 4. The minimum Gasteiger partial charge on any atom is -0.456 e. The molecule has 0 radical (unpaired) electrons. The molecule has 0 amide bonds. The van der Waals surface area contributed by atoms with Crippen LogP contribution < -0.4 is 5.73 Å². The van der Waals surface area contributed by atoms with E-state index >= 15 is 0 Å². The summed E-state index contributed by atoms with van der Waals surface area (Å²) in [6, 6.07) is 7.58. The van der Waals surface area contributed by atoms with Crippen LogP contribution in [0, 0.1) is 6.92 Å². The molecule has 0 aliphatic carbocycles. The molecular formula is C15H16BrNO2S. The summed E-state index contributed by atoms with van der Waals surface area (Å²) in [7, 11) is 0. The zero-order valence-electron chi connectivity index (χ0n) is 11.4.